The van der Waals surface area contributed by atoms with Gasteiger partial charge in [0.1, 0.15) is 35.2 Å². The van der Waals surface area contributed by atoms with Gasteiger partial charge in [0, 0.05) is 17.7 Å². The van der Waals surface area contributed by atoms with E-state index in [0.717, 1.165) is 0 Å². The van der Waals surface area contributed by atoms with E-state index in [-0.39, 0.29) is 29.8 Å². The second kappa shape index (κ2) is 8.85. The Morgan fingerprint density at radius 1 is 1.00 bits per heavy atom. The second-order valence-corrected chi connectivity index (χ2v) is 6.17. The standard InChI is InChI=1S/C21H22O8/c1-25-18-9-17-19(21(27-3)20(18)26-2)15(24)8-16(29-17)12-4-6-14(7-5-12)28-11-13(23)10-22/h4-9,13,22-23H,10-11H2,1-3H3. The van der Waals surface area contributed by atoms with E-state index in [1.807, 2.05) is 0 Å². The average molecular weight is 402 g/mol. The van der Waals surface area contributed by atoms with E-state index in [4.69, 9.17) is 28.5 Å². The lowest BCUT2D eigenvalue weighted by Crippen LogP contribution is -2.21. The van der Waals surface area contributed by atoms with Crippen molar-refractivity contribution in [3.05, 3.63) is 46.6 Å². The average Bonchev–Trinajstić information content (AvgIpc) is 2.76. The fourth-order valence-corrected chi connectivity index (χ4v) is 2.89. The molecule has 1 heterocycles. The molecule has 1 unspecified atom stereocenters. The lowest BCUT2D eigenvalue weighted by Gasteiger charge is -2.14. The molecule has 0 saturated heterocycles. The van der Waals surface area contributed by atoms with E-state index >= 15 is 0 Å². The van der Waals surface area contributed by atoms with Crippen LogP contribution in [0, 0.1) is 0 Å². The maximum Gasteiger partial charge on any atom is 0.204 e. The molecule has 2 N–H and O–H groups in total. The van der Waals surface area contributed by atoms with Crippen molar-refractivity contribution >= 4 is 11.0 Å². The molecular weight excluding hydrogens is 380 g/mol. The summed E-state index contributed by atoms with van der Waals surface area (Å²) in [6, 6.07) is 9.76. The molecule has 3 rings (SSSR count). The fourth-order valence-electron chi connectivity index (χ4n) is 2.89. The first-order valence-electron chi connectivity index (χ1n) is 8.81. The van der Waals surface area contributed by atoms with Gasteiger partial charge >= 0.3 is 0 Å². The van der Waals surface area contributed by atoms with Gasteiger partial charge in [-0.1, -0.05) is 0 Å². The Balaban J connectivity index is 2.02. The van der Waals surface area contributed by atoms with Crippen LogP contribution in [0.15, 0.2) is 45.6 Å². The van der Waals surface area contributed by atoms with Crippen LogP contribution in [-0.4, -0.2) is 50.9 Å². The Hall–Kier alpha value is -3.23. The Morgan fingerprint density at radius 2 is 1.69 bits per heavy atom. The molecule has 0 amide bonds. The van der Waals surface area contributed by atoms with Gasteiger partial charge in [0.05, 0.1) is 27.9 Å². The van der Waals surface area contributed by atoms with Gasteiger partial charge in [0.2, 0.25) is 5.75 Å². The summed E-state index contributed by atoms with van der Waals surface area (Å²) in [6.45, 7) is -0.402. The zero-order valence-corrected chi connectivity index (χ0v) is 16.3. The van der Waals surface area contributed by atoms with Crippen molar-refractivity contribution in [2.45, 2.75) is 6.10 Å². The van der Waals surface area contributed by atoms with Gasteiger partial charge in [-0.05, 0) is 24.3 Å². The van der Waals surface area contributed by atoms with E-state index in [2.05, 4.69) is 0 Å². The largest absolute Gasteiger partial charge is 0.493 e. The van der Waals surface area contributed by atoms with Crippen molar-refractivity contribution in [2.24, 2.45) is 0 Å². The third-order valence-corrected chi connectivity index (χ3v) is 4.31. The first kappa shape index (κ1) is 20.5. The minimum absolute atomic E-state index is 0.0255. The van der Waals surface area contributed by atoms with Crippen LogP contribution >= 0.6 is 0 Å². The molecule has 29 heavy (non-hydrogen) atoms. The van der Waals surface area contributed by atoms with E-state index in [9.17, 15) is 9.90 Å². The fraction of sp³-hybridized carbons (Fsp3) is 0.286. The highest BCUT2D eigenvalue weighted by molar-refractivity contribution is 5.90. The number of rotatable bonds is 8. The molecule has 2 aromatic carbocycles. The van der Waals surface area contributed by atoms with Crippen LogP contribution in [0.1, 0.15) is 0 Å². The smallest absolute Gasteiger partial charge is 0.204 e. The van der Waals surface area contributed by atoms with Crippen LogP contribution in [0.2, 0.25) is 0 Å². The number of hydrogen-bond acceptors (Lipinski definition) is 8. The predicted molar refractivity (Wildman–Crippen MR) is 106 cm³/mol. The van der Waals surface area contributed by atoms with Crippen LogP contribution in [0.25, 0.3) is 22.3 Å². The normalized spacial score (nSPS) is 11.9. The summed E-state index contributed by atoms with van der Waals surface area (Å²) in [5.74, 6) is 1.81. The molecule has 8 nitrogen and oxygen atoms in total. The third-order valence-electron chi connectivity index (χ3n) is 4.31. The Bertz CT molecular complexity index is 1040. The highest BCUT2D eigenvalue weighted by Gasteiger charge is 2.20. The molecule has 0 fully saturated rings. The lowest BCUT2D eigenvalue weighted by molar-refractivity contribution is 0.0536. The zero-order chi connectivity index (χ0) is 21.0. The van der Waals surface area contributed by atoms with E-state index in [1.165, 1.54) is 27.4 Å². The number of aliphatic hydroxyl groups is 2. The Kier molecular flexibility index (Phi) is 6.26. The van der Waals surface area contributed by atoms with Gasteiger partial charge in [-0.15, -0.1) is 0 Å². The highest BCUT2D eigenvalue weighted by Crippen LogP contribution is 2.42. The molecule has 0 bridgehead atoms. The number of benzene rings is 2. The summed E-state index contributed by atoms with van der Waals surface area (Å²) in [5, 5.41) is 18.4. The van der Waals surface area contributed by atoms with E-state index in [0.29, 0.717) is 34.2 Å². The maximum absolute atomic E-state index is 12.8. The van der Waals surface area contributed by atoms with Gasteiger partial charge in [-0.3, -0.25) is 4.79 Å². The van der Waals surface area contributed by atoms with Crippen molar-refractivity contribution in [3.8, 4) is 34.3 Å². The Labute approximate surface area is 166 Å². The number of aliphatic hydroxyl groups excluding tert-OH is 2. The molecule has 0 spiro atoms. The van der Waals surface area contributed by atoms with Gasteiger partial charge in [-0.2, -0.15) is 0 Å². The molecule has 154 valence electrons. The number of fused-ring (bicyclic) bond motifs is 1. The maximum atomic E-state index is 12.8. The molecule has 1 atom stereocenters. The number of ether oxygens (including phenoxy) is 4. The monoisotopic (exact) mass is 402 g/mol. The molecule has 0 aliphatic heterocycles. The first-order valence-corrected chi connectivity index (χ1v) is 8.81. The molecule has 1 aromatic heterocycles. The first-order chi connectivity index (χ1) is 14.0. The van der Waals surface area contributed by atoms with E-state index < -0.39 is 6.10 Å². The quantitative estimate of drug-likeness (QED) is 0.591. The van der Waals surface area contributed by atoms with Crippen LogP contribution < -0.4 is 24.4 Å². The van der Waals surface area contributed by atoms with E-state index in [1.54, 1.807) is 30.3 Å². The van der Waals surface area contributed by atoms with Crippen molar-refractivity contribution in [1.29, 1.82) is 0 Å². The summed E-state index contributed by atoms with van der Waals surface area (Å²) in [5.41, 5.74) is 0.673. The second-order valence-electron chi connectivity index (χ2n) is 6.17. The van der Waals surface area contributed by atoms with Crippen molar-refractivity contribution in [2.75, 3.05) is 34.5 Å². The Morgan fingerprint density at radius 3 is 2.28 bits per heavy atom. The topological polar surface area (TPSA) is 108 Å². The molecule has 0 aliphatic rings. The van der Waals surface area contributed by atoms with Crippen LogP contribution in [-0.2, 0) is 0 Å². The summed E-state index contributed by atoms with van der Waals surface area (Å²) < 4.78 is 27.3. The van der Waals surface area contributed by atoms with Gasteiger partial charge in [-0.25, -0.2) is 0 Å². The highest BCUT2D eigenvalue weighted by atomic mass is 16.5. The molecular formula is C21H22O8. The summed E-state index contributed by atoms with van der Waals surface area (Å²) in [4.78, 5) is 12.8. The number of hydrogen-bond donors (Lipinski definition) is 2. The van der Waals surface area contributed by atoms with Crippen molar-refractivity contribution in [1.82, 2.24) is 0 Å². The van der Waals surface area contributed by atoms with Gasteiger partial charge in [0.25, 0.3) is 0 Å². The van der Waals surface area contributed by atoms with Crippen molar-refractivity contribution in [3.63, 3.8) is 0 Å². The molecule has 0 aliphatic carbocycles. The van der Waals surface area contributed by atoms with Crippen LogP contribution in [0.5, 0.6) is 23.0 Å². The van der Waals surface area contributed by atoms with Crippen LogP contribution in [0.3, 0.4) is 0 Å². The predicted octanol–water partition coefficient (Wildman–Crippen LogP) is 2.22. The van der Waals surface area contributed by atoms with Crippen molar-refractivity contribution < 1.29 is 33.6 Å². The molecule has 0 radical (unpaired) electrons. The summed E-state index contributed by atoms with van der Waals surface area (Å²) >= 11 is 0. The lowest BCUT2D eigenvalue weighted by atomic mass is 10.1. The SMILES string of the molecule is COc1cc2oc(-c3ccc(OCC(O)CO)cc3)cc(=O)c2c(OC)c1OC. The zero-order valence-electron chi connectivity index (χ0n) is 16.3. The molecule has 3 aromatic rings. The minimum atomic E-state index is -0.949. The minimum Gasteiger partial charge on any atom is -0.493 e. The summed E-state index contributed by atoms with van der Waals surface area (Å²) in [7, 11) is 4.39. The molecule has 8 heteroatoms. The third kappa shape index (κ3) is 4.13. The van der Waals surface area contributed by atoms with Gasteiger partial charge < -0.3 is 33.6 Å². The summed E-state index contributed by atoms with van der Waals surface area (Å²) in [6.07, 6.45) is -0.949. The molecule has 0 saturated carbocycles. The van der Waals surface area contributed by atoms with Crippen LogP contribution in [0.4, 0.5) is 0 Å². The van der Waals surface area contributed by atoms with Gasteiger partial charge in [0.15, 0.2) is 16.9 Å². The number of methoxy groups -OCH3 is 3.